The van der Waals surface area contributed by atoms with E-state index in [9.17, 15) is 9.00 Å². The number of furan rings is 1. The first-order valence-corrected chi connectivity index (χ1v) is 13.2. The molecule has 2 fully saturated rings. The average molecular weight is 482 g/mol. The number of ether oxygens (including phenoxy) is 1. The van der Waals surface area contributed by atoms with Gasteiger partial charge in [-0.15, -0.1) is 0 Å². The van der Waals surface area contributed by atoms with Crippen LogP contribution in [0.1, 0.15) is 44.9 Å². The van der Waals surface area contributed by atoms with E-state index in [4.69, 9.17) is 8.60 Å². The molecule has 0 radical (unpaired) electrons. The van der Waals surface area contributed by atoms with E-state index in [1.165, 1.54) is 26.4 Å². The third-order valence-electron chi connectivity index (χ3n) is 7.40. The Kier molecular flexibility index (Phi) is 7.02. The van der Waals surface area contributed by atoms with Crippen LogP contribution in [-0.4, -0.2) is 23.3 Å². The minimum atomic E-state index is -1.62. The van der Waals surface area contributed by atoms with Gasteiger partial charge in [0.15, 0.2) is 0 Å². The standard InChI is InChI=1S/C27H31NO5S/c1-31-26(29)11-5-3-2-4-8-21-18-12-13-19(16-18)27(21)28-34(30)33-20-14-15-25-23(17-20)22-9-6-7-10-24(22)32-25/h2,4,6-7,9-10,14-15,17-19,21,27-28H,3,5,8,11-13,16H2,1H3/b4-2-/t18-,19+,21-,27?,34?/m1/s1. The van der Waals surface area contributed by atoms with Crippen molar-refractivity contribution in [3.05, 3.63) is 54.6 Å². The zero-order valence-electron chi connectivity index (χ0n) is 19.4. The molecule has 1 N–H and O–H groups in total. The van der Waals surface area contributed by atoms with Crippen molar-refractivity contribution in [2.75, 3.05) is 7.11 Å². The number of para-hydroxylation sites is 1. The van der Waals surface area contributed by atoms with Crippen molar-refractivity contribution in [1.29, 1.82) is 0 Å². The number of hydrogen-bond acceptors (Lipinski definition) is 5. The largest absolute Gasteiger partial charge is 0.469 e. The lowest BCUT2D eigenvalue weighted by Gasteiger charge is -2.30. The number of rotatable bonds is 10. The number of methoxy groups -OCH3 is 1. The van der Waals surface area contributed by atoms with E-state index in [-0.39, 0.29) is 12.0 Å². The number of unbranched alkanes of at least 4 members (excludes halogenated alkanes) is 1. The summed E-state index contributed by atoms with van der Waals surface area (Å²) >= 11 is -1.62. The van der Waals surface area contributed by atoms with Gasteiger partial charge in [0.05, 0.1) is 7.11 Å². The number of esters is 1. The van der Waals surface area contributed by atoms with Gasteiger partial charge >= 0.3 is 5.97 Å². The molecule has 180 valence electrons. The van der Waals surface area contributed by atoms with Crippen LogP contribution in [0, 0.1) is 17.8 Å². The maximum atomic E-state index is 12.9. The van der Waals surface area contributed by atoms with Crippen LogP contribution in [0.15, 0.2) is 59.0 Å². The molecule has 0 saturated heterocycles. The van der Waals surface area contributed by atoms with Gasteiger partial charge in [-0.05, 0) is 80.5 Å². The van der Waals surface area contributed by atoms with Crippen LogP contribution in [0.2, 0.25) is 0 Å². The molecule has 5 rings (SSSR count). The first-order chi connectivity index (χ1) is 16.6. The summed E-state index contributed by atoms with van der Waals surface area (Å²) in [5.74, 6) is 2.09. The van der Waals surface area contributed by atoms with Gasteiger partial charge in [-0.3, -0.25) is 4.79 Å². The quantitative estimate of drug-likeness (QED) is 0.224. The predicted octanol–water partition coefficient (Wildman–Crippen LogP) is 5.84. The van der Waals surface area contributed by atoms with Gasteiger partial charge < -0.3 is 13.3 Å². The fraction of sp³-hybridized carbons (Fsp3) is 0.444. The molecule has 0 amide bonds. The van der Waals surface area contributed by atoms with E-state index in [2.05, 4.69) is 21.6 Å². The molecule has 5 atom stereocenters. The Morgan fingerprint density at radius 3 is 2.82 bits per heavy atom. The number of nitrogens with one attached hydrogen (secondary N) is 1. The topological polar surface area (TPSA) is 77.8 Å². The lowest BCUT2D eigenvalue weighted by molar-refractivity contribution is -0.140. The summed E-state index contributed by atoms with van der Waals surface area (Å²) in [5.41, 5.74) is 1.62. The van der Waals surface area contributed by atoms with Gasteiger partial charge in [0.2, 0.25) is 0 Å². The monoisotopic (exact) mass is 481 g/mol. The molecule has 3 aromatic rings. The summed E-state index contributed by atoms with van der Waals surface area (Å²) in [5, 5.41) is 1.98. The number of carbonyl (C=O) groups excluding carboxylic acids is 1. The van der Waals surface area contributed by atoms with E-state index >= 15 is 0 Å². The fourth-order valence-electron chi connectivity index (χ4n) is 5.75. The minimum Gasteiger partial charge on any atom is -0.469 e. The molecule has 0 spiro atoms. The fourth-order valence-corrected chi connectivity index (χ4v) is 6.67. The molecule has 2 saturated carbocycles. The smallest absolute Gasteiger partial charge is 0.305 e. The highest BCUT2D eigenvalue weighted by molar-refractivity contribution is 7.78. The van der Waals surface area contributed by atoms with Crippen molar-refractivity contribution in [2.24, 2.45) is 17.8 Å². The first-order valence-electron chi connectivity index (χ1n) is 12.1. The second-order valence-corrected chi connectivity index (χ2v) is 10.3. The summed E-state index contributed by atoms with van der Waals surface area (Å²) in [6.45, 7) is 0. The van der Waals surface area contributed by atoms with Crippen LogP contribution in [0.4, 0.5) is 0 Å². The van der Waals surface area contributed by atoms with Crippen molar-refractivity contribution in [3.8, 4) is 5.75 Å². The van der Waals surface area contributed by atoms with Crippen molar-refractivity contribution >= 4 is 39.2 Å². The molecule has 1 heterocycles. The molecule has 2 aliphatic carbocycles. The van der Waals surface area contributed by atoms with Gasteiger partial charge in [0.25, 0.3) is 11.3 Å². The molecule has 2 bridgehead atoms. The highest BCUT2D eigenvalue weighted by atomic mass is 32.2. The summed E-state index contributed by atoms with van der Waals surface area (Å²) in [4.78, 5) is 11.2. The Morgan fingerprint density at radius 1 is 1.12 bits per heavy atom. The molecule has 2 aliphatic rings. The second-order valence-electron chi connectivity index (χ2n) is 9.39. The molecular formula is C27H31NO5S. The predicted molar refractivity (Wildman–Crippen MR) is 133 cm³/mol. The molecule has 7 heteroatoms. The van der Waals surface area contributed by atoms with Crippen LogP contribution in [0.25, 0.3) is 21.9 Å². The first kappa shape index (κ1) is 23.1. The molecule has 0 aliphatic heterocycles. The second kappa shape index (κ2) is 10.3. The molecule has 2 aromatic carbocycles. The minimum absolute atomic E-state index is 0.159. The SMILES string of the molecule is COC(=O)CCC/C=C\C[C@H]1C(NS(=O)Oc2ccc3oc4ccccc4c3c2)[C@H]2CC[C@@H]1C2. The summed E-state index contributed by atoms with van der Waals surface area (Å²) in [7, 11) is 1.42. The number of hydrogen-bond donors (Lipinski definition) is 1. The van der Waals surface area contributed by atoms with Crippen LogP contribution >= 0.6 is 0 Å². The Hall–Kier alpha value is -2.64. The van der Waals surface area contributed by atoms with Crippen molar-refractivity contribution < 1.29 is 22.3 Å². The Bertz CT molecular complexity index is 1220. The van der Waals surface area contributed by atoms with Crippen molar-refractivity contribution in [1.82, 2.24) is 4.72 Å². The average Bonchev–Trinajstić information content (AvgIpc) is 3.55. The Morgan fingerprint density at radius 2 is 1.94 bits per heavy atom. The van der Waals surface area contributed by atoms with Gasteiger partial charge in [0.1, 0.15) is 16.9 Å². The molecule has 6 nitrogen and oxygen atoms in total. The van der Waals surface area contributed by atoms with Gasteiger partial charge in [0, 0.05) is 23.2 Å². The summed E-state index contributed by atoms with van der Waals surface area (Å²) in [6.07, 6.45) is 11.1. The van der Waals surface area contributed by atoms with E-state index in [1.807, 2.05) is 36.4 Å². The summed E-state index contributed by atoms with van der Waals surface area (Å²) < 4.78 is 32.6. The lowest BCUT2D eigenvalue weighted by atomic mass is 9.83. The van der Waals surface area contributed by atoms with Crippen LogP contribution in [-0.2, 0) is 20.8 Å². The normalized spacial score (nSPS) is 24.9. The molecule has 34 heavy (non-hydrogen) atoms. The highest BCUT2D eigenvalue weighted by Crippen LogP contribution is 2.50. The highest BCUT2D eigenvalue weighted by Gasteiger charge is 2.47. The maximum Gasteiger partial charge on any atom is 0.305 e. The zero-order chi connectivity index (χ0) is 23.5. The molecular weight excluding hydrogens is 450 g/mol. The maximum absolute atomic E-state index is 12.9. The van der Waals surface area contributed by atoms with Gasteiger partial charge in [-0.2, -0.15) is 4.21 Å². The van der Waals surface area contributed by atoms with E-state index in [0.29, 0.717) is 29.9 Å². The lowest BCUT2D eigenvalue weighted by Crippen LogP contribution is -2.42. The number of carbonyl (C=O) groups is 1. The molecule has 2 unspecified atom stereocenters. The number of fused-ring (bicyclic) bond motifs is 5. The van der Waals surface area contributed by atoms with Crippen molar-refractivity contribution in [2.45, 2.75) is 51.0 Å². The third-order valence-corrected chi connectivity index (χ3v) is 8.20. The summed E-state index contributed by atoms with van der Waals surface area (Å²) in [6, 6.07) is 13.7. The van der Waals surface area contributed by atoms with Crippen LogP contribution in [0.3, 0.4) is 0 Å². The van der Waals surface area contributed by atoms with E-state index < -0.39 is 11.3 Å². The zero-order valence-corrected chi connectivity index (χ0v) is 20.2. The Labute approximate surface area is 202 Å². The van der Waals surface area contributed by atoms with E-state index in [0.717, 1.165) is 41.2 Å². The van der Waals surface area contributed by atoms with Gasteiger partial charge in [-0.1, -0.05) is 30.4 Å². The Balaban J connectivity index is 1.19. The van der Waals surface area contributed by atoms with Gasteiger partial charge in [-0.25, -0.2) is 4.72 Å². The molecule has 1 aromatic heterocycles. The number of benzene rings is 2. The number of allylic oxidation sites excluding steroid dienone is 2. The third kappa shape index (κ3) is 4.91. The van der Waals surface area contributed by atoms with Crippen LogP contribution in [0.5, 0.6) is 5.75 Å². The van der Waals surface area contributed by atoms with E-state index in [1.54, 1.807) is 6.07 Å². The van der Waals surface area contributed by atoms with Crippen LogP contribution < -0.4 is 8.91 Å². The van der Waals surface area contributed by atoms with Crippen molar-refractivity contribution in [3.63, 3.8) is 0 Å².